The smallest absolute Gasteiger partial charge is 0.222 e. The van der Waals surface area contributed by atoms with Crippen molar-refractivity contribution < 1.29 is 9.53 Å². The van der Waals surface area contributed by atoms with Crippen molar-refractivity contribution in [2.75, 3.05) is 32.8 Å². The first-order chi connectivity index (χ1) is 10.2. The van der Waals surface area contributed by atoms with Crippen LogP contribution in [0.25, 0.3) is 0 Å². The van der Waals surface area contributed by atoms with E-state index in [2.05, 4.69) is 5.32 Å². The van der Waals surface area contributed by atoms with E-state index in [0.29, 0.717) is 18.1 Å². The molecule has 0 saturated carbocycles. The Labute approximate surface area is 131 Å². The van der Waals surface area contributed by atoms with Crippen LogP contribution in [0.3, 0.4) is 0 Å². The molecule has 2 rings (SSSR count). The molecule has 0 unspecified atom stereocenters. The maximum absolute atomic E-state index is 12.1. The van der Waals surface area contributed by atoms with Crippen LogP contribution in [0.2, 0.25) is 5.02 Å². The van der Waals surface area contributed by atoms with Crippen molar-refractivity contribution in [2.45, 2.75) is 26.2 Å². The highest BCUT2D eigenvalue weighted by Gasteiger charge is 2.15. The first-order valence-corrected chi connectivity index (χ1v) is 7.98. The second kappa shape index (κ2) is 8.25. The van der Waals surface area contributed by atoms with Gasteiger partial charge < -0.3 is 15.0 Å². The summed E-state index contributed by atoms with van der Waals surface area (Å²) >= 11 is 6.04. The average molecular weight is 311 g/mol. The normalized spacial score (nSPS) is 15.0. The first-order valence-electron chi connectivity index (χ1n) is 7.60. The lowest BCUT2D eigenvalue weighted by molar-refractivity contribution is -0.131. The molecule has 1 fully saturated rings. The predicted octanol–water partition coefficient (Wildman–Crippen LogP) is 2.49. The Bertz CT molecular complexity index is 473. The molecule has 1 aromatic carbocycles. The van der Waals surface area contributed by atoms with Crippen LogP contribution in [-0.2, 0) is 11.2 Å². The first kappa shape index (κ1) is 16.1. The average Bonchev–Trinajstić information content (AvgIpc) is 2.51. The summed E-state index contributed by atoms with van der Waals surface area (Å²) in [5.74, 6) is 1.12. The topological polar surface area (TPSA) is 41.6 Å². The van der Waals surface area contributed by atoms with Crippen molar-refractivity contribution in [2.24, 2.45) is 0 Å². The van der Waals surface area contributed by atoms with Crippen LogP contribution in [0, 0.1) is 0 Å². The maximum Gasteiger partial charge on any atom is 0.222 e. The molecule has 0 spiro atoms. The van der Waals surface area contributed by atoms with Crippen LogP contribution in [0.4, 0.5) is 0 Å². The number of piperazine rings is 1. The molecule has 1 aliphatic heterocycles. The van der Waals surface area contributed by atoms with E-state index in [9.17, 15) is 4.79 Å². The summed E-state index contributed by atoms with van der Waals surface area (Å²) in [5.41, 5.74) is 1.08. The Morgan fingerprint density at radius 1 is 1.38 bits per heavy atom. The largest absolute Gasteiger partial charge is 0.494 e. The van der Waals surface area contributed by atoms with Crippen LogP contribution >= 0.6 is 11.6 Å². The lowest BCUT2D eigenvalue weighted by atomic mass is 10.1. The van der Waals surface area contributed by atoms with Gasteiger partial charge in [0.05, 0.1) is 6.61 Å². The van der Waals surface area contributed by atoms with E-state index in [1.165, 1.54) is 0 Å². The highest BCUT2D eigenvalue weighted by atomic mass is 35.5. The molecule has 5 heteroatoms. The van der Waals surface area contributed by atoms with Gasteiger partial charge in [-0.15, -0.1) is 0 Å². The zero-order valence-corrected chi connectivity index (χ0v) is 13.3. The van der Waals surface area contributed by atoms with Crippen LogP contribution in [0.5, 0.6) is 5.75 Å². The second-order valence-corrected chi connectivity index (χ2v) is 5.61. The van der Waals surface area contributed by atoms with Gasteiger partial charge in [-0.1, -0.05) is 11.6 Å². The van der Waals surface area contributed by atoms with E-state index < -0.39 is 0 Å². The molecule has 1 amide bonds. The standard InChI is InChI=1S/C16H23ClN2O2/c1-2-21-15-7-6-14(17)12-13(15)4-3-5-16(20)19-10-8-18-9-11-19/h6-7,12,18H,2-5,8-11H2,1H3. The van der Waals surface area contributed by atoms with Crippen molar-refractivity contribution in [1.29, 1.82) is 0 Å². The minimum Gasteiger partial charge on any atom is -0.494 e. The van der Waals surface area contributed by atoms with Gasteiger partial charge in [0.15, 0.2) is 0 Å². The molecule has 0 bridgehead atoms. The van der Waals surface area contributed by atoms with E-state index in [1.54, 1.807) is 0 Å². The van der Waals surface area contributed by atoms with Gasteiger partial charge in [-0.2, -0.15) is 0 Å². The van der Waals surface area contributed by atoms with Crippen LogP contribution in [0.15, 0.2) is 18.2 Å². The number of halogens is 1. The van der Waals surface area contributed by atoms with Crippen molar-refractivity contribution >= 4 is 17.5 Å². The molecule has 1 saturated heterocycles. The molecule has 116 valence electrons. The third-order valence-electron chi connectivity index (χ3n) is 3.63. The summed E-state index contributed by atoms with van der Waals surface area (Å²) in [4.78, 5) is 14.0. The van der Waals surface area contributed by atoms with Gasteiger partial charge in [0.2, 0.25) is 5.91 Å². The number of nitrogens with zero attached hydrogens (tertiary/aromatic N) is 1. The Morgan fingerprint density at radius 2 is 2.14 bits per heavy atom. The molecule has 1 heterocycles. The fraction of sp³-hybridized carbons (Fsp3) is 0.562. The molecule has 1 aromatic rings. The molecule has 0 aromatic heterocycles. The number of aryl methyl sites for hydroxylation is 1. The summed E-state index contributed by atoms with van der Waals surface area (Å²) in [6, 6.07) is 5.67. The summed E-state index contributed by atoms with van der Waals surface area (Å²) in [6.45, 7) is 6.03. The lowest BCUT2D eigenvalue weighted by Crippen LogP contribution is -2.46. The number of carbonyl (C=O) groups excluding carboxylic acids is 1. The van der Waals surface area contributed by atoms with Crippen molar-refractivity contribution in [3.05, 3.63) is 28.8 Å². The molecule has 1 N–H and O–H groups in total. The molecular weight excluding hydrogens is 288 g/mol. The quantitative estimate of drug-likeness (QED) is 0.878. The van der Waals surface area contributed by atoms with Gasteiger partial charge in [-0.05, 0) is 43.5 Å². The molecule has 21 heavy (non-hydrogen) atoms. The van der Waals surface area contributed by atoms with Crippen molar-refractivity contribution in [3.8, 4) is 5.75 Å². The number of ether oxygens (including phenoxy) is 1. The number of nitrogens with one attached hydrogen (secondary N) is 1. The van der Waals surface area contributed by atoms with Gasteiger partial charge in [0.25, 0.3) is 0 Å². The van der Waals surface area contributed by atoms with E-state index in [1.807, 2.05) is 30.0 Å². The molecule has 1 aliphatic rings. The number of carbonyl (C=O) groups is 1. The summed E-state index contributed by atoms with van der Waals surface area (Å²) in [6.07, 6.45) is 2.22. The fourth-order valence-electron chi connectivity index (χ4n) is 2.54. The van der Waals surface area contributed by atoms with E-state index >= 15 is 0 Å². The molecule has 0 atom stereocenters. The fourth-order valence-corrected chi connectivity index (χ4v) is 2.74. The van der Waals surface area contributed by atoms with Crippen molar-refractivity contribution in [1.82, 2.24) is 10.2 Å². The lowest BCUT2D eigenvalue weighted by Gasteiger charge is -2.27. The van der Waals surface area contributed by atoms with Gasteiger partial charge in [0, 0.05) is 37.6 Å². The Balaban J connectivity index is 1.84. The Hall–Kier alpha value is -1.26. The monoisotopic (exact) mass is 310 g/mol. The zero-order valence-electron chi connectivity index (χ0n) is 12.5. The number of hydrogen-bond acceptors (Lipinski definition) is 3. The highest BCUT2D eigenvalue weighted by molar-refractivity contribution is 6.30. The zero-order chi connectivity index (χ0) is 15.1. The van der Waals surface area contributed by atoms with Crippen LogP contribution in [0.1, 0.15) is 25.3 Å². The summed E-state index contributed by atoms with van der Waals surface area (Å²) in [5, 5.41) is 3.96. The van der Waals surface area contributed by atoms with Gasteiger partial charge >= 0.3 is 0 Å². The summed E-state index contributed by atoms with van der Waals surface area (Å²) in [7, 11) is 0. The minimum absolute atomic E-state index is 0.247. The maximum atomic E-state index is 12.1. The third kappa shape index (κ3) is 4.90. The SMILES string of the molecule is CCOc1ccc(Cl)cc1CCCC(=O)N1CCNCC1. The minimum atomic E-state index is 0.247. The second-order valence-electron chi connectivity index (χ2n) is 5.17. The van der Waals surface area contributed by atoms with Crippen LogP contribution < -0.4 is 10.1 Å². The van der Waals surface area contributed by atoms with Gasteiger partial charge in [-0.3, -0.25) is 4.79 Å². The molecule has 0 radical (unpaired) electrons. The van der Waals surface area contributed by atoms with E-state index in [0.717, 1.165) is 50.3 Å². The highest BCUT2D eigenvalue weighted by Crippen LogP contribution is 2.24. The van der Waals surface area contributed by atoms with Crippen LogP contribution in [-0.4, -0.2) is 43.6 Å². The number of hydrogen-bond donors (Lipinski definition) is 1. The Morgan fingerprint density at radius 3 is 2.86 bits per heavy atom. The van der Waals surface area contributed by atoms with Gasteiger partial charge in [0.1, 0.15) is 5.75 Å². The van der Waals surface area contributed by atoms with E-state index in [4.69, 9.17) is 16.3 Å². The van der Waals surface area contributed by atoms with Gasteiger partial charge in [-0.25, -0.2) is 0 Å². The molecular formula is C16H23ClN2O2. The predicted molar refractivity (Wildman–Crippen MR) is 85.0 cm³/mol. The number of amides is 1. The molecule has 0 aliphatic carbocycles. The van der Waals surface area contributed by atoms with E-state index in [-0.39, 0.29) is 5.91 Å². The Kier molecular flexibility index (Phi) is 6.33. The molecule has 4 nitrogen and oxygen atoms in total. The third-order valence-corrected chi connectivity index (χ3v) is 3.86. The number of benzene rings is 1. The van der Waals surface area contributed by atoms with Crippen molar-refractivity contribution in [3.63, 3.8) is 0 Å². The summed E-state index contributed by atoms with van der Waals surface area (Å²) < 4.78 is 5.60. The number of rotatable bonds is 6.